The molecule has 0 saturated carbocycles. The van der Waals surface area contributed by atoms with Crippen molar-refractivity contribution in [2.45, 2.75) is 26.8 Å². The summed E-state index contributed by atoms with van der Waals surface area (Å²) >= 11 is 7.02. The molecule has 0 radical (unpaired) electrons. The van der Waals surface area contributed by atoms with Gasteiger partial charge < -0.3 is 10.1 Å². The Morgan fingerprint density at radius 3 is 2.67 bits per heavy atom. The van der Waals surface area contributed by atoms with Crippen LogP contribution in [0.4, 0.5) is 0 Å². The summed E-state index contributed by atoms with van der Waals surface area (Å²) in [6.07, 6.45) is 4.19. The highest BCUT2D eigenvalue weighted by molar-refractivity contribution is 9.11. The minimum atomic E-state index is 0.496. The molecule has 0 aliphatic heterocycles. The molecule has 1 aromatic rings. The summed E-state index contributed by atoms with van der Waals surface area (Å²) in [6.45, 7) is 7.77. The van der Waals surface area contributed by atoms with Gasteiger partial charge in [-0.1, -0.05) is 41.9 Å². The first-order valence-corrected chi connectivity index (χ1v) is 7.65. The molecule has 0 amide bonds. The summed E-state index contributed by atoms with van der Waals surface area (Å²) < 4.78 is 7.67. The molecule has 0 bridgehead atoms. The number of ether oxygens (including phenoxy) is 1. The van der Waals surface area contributed by atoms with Crippen LogP contribution in [0.3, 0.4) is 0 Å². The Kier molecular flexibility index (Phi) is 6.97. The highest BCUT2D eigenvalue weighted by Gasteiger charge is 2.07. The maximum absolute atomic E-state index is 5.66. The van der Waals surface area contributed by atoms with E-state index in [0.717, 1.165) is 26.8 Å². The van der Waals surface area contributed by atoms with E-state index in [4.69, 9.17) is 4.74 Å². The lowest BCUT2D eigenvalue weighted by atomic mass is 10.2. The fourth-order valence-corrected chi connectivity index (χ4v) is 2.86. The Hall–Kier alpha value is -0.320. The Balaban J connectivity index is 2.85. The average molecular weight is 377 g/mol. The molecule has 0 saturated heterocycles. The molecule has 100 valence electrons. The zero-order valence-corrected chi connectivity index (χ0v) is 14.1. The Morgan fingerprint density at radius 1 is 1.33 bits per heavy atom. The highest BCUT2D eigenvalue weighted by atomic mass is 79.9. The number of nitrogens with one attached hydrogen (secondary N) is 1. The Bertz CT molecular complexity index is 417. The predicted octanol–water partition coefficient (Wildman–Crippen LogP) is 4.62. The van der Waals surface area contributed by atoms with Gasteiger partial charge in [0, 0.05) is 22.6 Å². The second-order valence-corrected chi connectivity index (χ2v) is 5.97. The van der Waals surface area contributed by atoms with E-state index < -0.39 is 0 Å². The van der Waals surface area contributed by atoms with Crippen molar-refractivity contribution in [2.75, 3.05) is 13.2 Å². The third-order valence-electron chi connectivity index (χ3n) is 2.27. The fraction of sp³-hybridized carbons (Fsp3) is 0.429. The van der Waals surface area contributed by atoms with E-state index >= 15 is 0 Å². The topological polar surface area (TPSA) is 21.3 Å². The van der Waals surface area contributed by atoms with Crippen LogP contribution >= 0.6 is 31.9 Å². The van der Waals surface area contributed by atoms with E-state index in [1.54, 1.807) is 0 Å². The molecule has 1 rings (SSSR count). The number of hydrogen-bond donors (Lipinski definition) is 1. The third kappa shape index (κ3) is 5.12. The maximum atomic E-state index is 5.66. The second kappa shape index (κ2) is 7.97. The van der Waals surface area contributed by atoms with Gasteiger partial charge in [0.05, 0.1) is 11.1 Å². The van der Waals surface area contributed by atoms with E-state index in [1.165, 1.54) is 0 Å². The molecular weight excluding hydrogens is 358 g/mol. The largest absolute Gasteiger partial charge is 0.492 e. The highest BCUT2D eigenvalue weighted by Crippen LogP contribution is 2.33. The molecule has 0 spiro atoms. The number of benzene rings is 1. The number of halogens is 2. The molecule has 0 aliphatic rings. The van der Waals surface area contributed by atoms with Gasteiger partial charge in [0.2, 0.25) is 0 Å². The summed E-state index contributed by atoms with van der Waals surface area (Å²) in [5, 5.41) is 3.35. The van der Waals surface area contributed by atoms with Crippen molar-refractivity contribution in [2.24, 2.45) is 0 Å². The second-order valence-electron chi connectivity index (χ2n) is 4.20. The van der Waals surface area contributed by atoms with Crippen molar-refractivity contribution >= 4 is 37.9 Å². The number of hydrogen-bond acceptors (Lipinski definition) is 2. The van der Waals surface area contributed by atoms with Gasteiger partial charge in [0.1, 0.15) is 5.75 Å². The molecule has 0 aromatic heterocycles. The van der Waals surface area contributed by atoms with Gasteiger partial charge in [-0.15, -0.1) is 0 Å². The SMILES string of the molecule is CCOc1c(Br)cc(Br)cc1C=CCNC(C)C. The van der Waals surface area contributed by atoms with Gasteiger partial charge in [-0.2, -0.15) is 0 Å². The zero-order chi connectivity index (χ0) is 13.5. The first kappa shape index (κ1) is 15.7. The minimum Gasteiger partial charge on any atom is -0.492 e. The smallest absolute Gasteiger partial charge is 0.140 e. The molecule has 1 aromatic carbocycles. The Labute approximate surface area is 126 Å². The normalized spacial score (nSPS) is 11.4. The van der Waals surface area contributed by atoms with Crippen LogP contribution in [-0.2, 0) is 0 Å². The van der Waals surface area contributed by atoms with Crippen molar-refractivity contribution in [1.29, 1.82) is 0 Å². The predicted molar refractivity (Wildman–Crippen MR) is 85.2 cm³/mol. The third-order valence-corrected chi connectivity index (χ3v) is 3.31. The van der Waals surface area contributed by atoms with Crippen LogP contribution in [0.15, 0.2) is 27.2 Å². The van der Waals surface area contributed by atoms with Crippen LogP contribution in [0.2, 0.25) is 0 Å². The van der Waals surface area contributed by atoms with Crippen LogP contribution in [0.25, 0.3) is 6.08 Å². The van der Waals surface area contributed by atoms with Crippen LogP contribution < -0.4 is 10.1 Å². The van der Waals surface area contributed by atoms with Crippen LogP contribution in [0.5, 0.6) is 5.75 Å². The maximum Gasteiger partial charge on any atom is 0.140 e. The Morgan fingerprint density at radius 2 is 2.06 bits per heavy atom. The van der Waals surface area contributed by atoms with Crippen LogP contribution in [-0.4, -0.2) is 19.2 Å². The molecule has 2 nitrogen and oxygen atoms in total. The average Bonchev–Trinajstić information content (AvgIpc) is 2.28. The first-order chi connectivity index (χ1) is 8.54. The van der Waals surface area contributed by atoms with Crippen molar-refractivity contribution < 1.29 is 4.74 Å². The van der Waals surface area contributed by atoms with Crippen molar-refractivity contribution in [3.05, 3.63) is 32.7 Å². The summed E-state index contributed by atoms with van der Waals surface area (Å²) in [6, 6.07) is 4.55. The van der Waals surface area contributed by atoms with E-state index in [2.05, 4.69) is 69.2 Å². The molecule has 0 unspecified atom stereocenters. The van der Waals surface area contributed by atoms with Gasteiger partial charge in [-0.05, 0) is 35.0 Å². The molecule has 0 fully saturated rings. The molecule has 0 heterocycles. The summed E-state index contributed by atoms with van der Waals surface area (Å²) in [5.74, 6) is 0.890. The van der Waals surface area contributed by atoms with Crippen LogP contribution in [0.1, 0.15) is 26.3 Å². The molecule has 0 atom stereocenters. The van der Waals surface area contributed by atoms with E-state index in [1.807, 2.05) is 13.0 Å². The van der Waals surface area contributed by atoms with E-state index in [0.29, 0.717) is 12.6 Å². The number of rotatable bonds is 6. The van der Waals surface area contributed by atoms with E-state index in [9.17, 15) is 0 Å². The van der Waals surface area contributed by atoms with Gasteiger partial charge >= 0.3 is 0 Å². The molecule has 0 aliphatic carbocycles. The van der Waals surface area contributed by atoms with Crippen LogP contribution in [0, 0.1) is 0 Å². The van der Waals surface area contributed by atoms with Gasteiger partial charge in [-0.25, -0.2) is 0 Å². The first-order valence-electron chi connectivity index (χ1n) is 6.06. The lowest BCUT2D eigenvalue weighted by Gasteiger charge is -2.10. The lowest BCUT2D eigenvalue weighted by Crippen LogP contribution is -2.22. The zero-order valence-electron chi connectivity index (χ0n) is 11.0. The van der Waals surface area contributed by atoms with Gasteiger partial charge in [0.25, 0.3) is 0 Å². The van der Waals surface area contributed by atoms with Crippen molar-refractivity contribution in [1.82, 2.24) is 5.32 Å². The molecule has 4 heteroatoms. The summed E-state index contributed by atoms with van der Waals surface area (Å²) in [5.41, 5.74) is 1.07. The standard InChI is InChI=1S/C14H19Br2NO/c1-4-18-14-11(6-5-7-17-10(2)3)8-12(15)9-13(14)16/h5-6,8-10,17H,4,7H2,1-3H3. The van der Waals surface area contributed by atoms with Gasteiger partial charge in [-0.3, -0.25) is 0 Å². The van der Waals surface area contributed by atoms with Gasteiger partial charge in [0.15, 0.2) is 0 Å². The summed E-state index contributed by atoms with van der Waals surface area (Å²) in [4.78, 5) is 0. The summed E-state index contributed by atoms with van der Waals surface area (Å²) in [7, 11) is 0. The lowest BCUT2D eigenvalue weighted by molar-refractivity contribution is 0.337. The van der Waals surface area contributed by atoms with E-state index in [-0.39, 0.29) is 0 Å². The minimum absolute atomic E-state index is 0.496. The van der Waals surface area contributed by atoms with Crippen molar-refractivity contribution in [3.63, 3.8) is 0 Å². The monoisotopic (exact) mass is 375 g/mol. The fourth-order valence-electron chi connectivity index (χ4n) is 1.49. The van der Waals surface area contributed by atoms with Crippen molar-refractivity contribution in [3.8, 4) is 5.75 Å². The molecule has 18 heavy (non-hydrogen) atoms. The molecular formula is C14H19Br2NO. The quantitative estimate of drug-likeness (QED) is 0.781. The molecule has 1 N–H and O–H groups in total.